The fourth-order valence-electron chi connectivity index (χ4n) is 4.91. The first-order valence-electron chi connectivity index (χ1n) is 12.4. The van der Waals surface area contributed by atoms with E-state index in [1.807, 2.05) is 10.6 Å². The molecule has 0 bridgehead atoms. The second-order valence-corrected chi connectivity index (χ2v) is 10.0. The highest BCUT2D eigenvalue weighted by Gasteiger charge is 2.35. The van der Waals surface area contributed by atoms with Gasteiger partial charge in [0.05, 0.1) is 48.7 Å². The van der Waals surface area contributed by atoms with Crippen LogP contribution in [-0.4, -0.2) is 55.8 Å². The second kappa shape index (κ2) is 9.31. The predicted molar refractivity (Wildman–Crippen MR) is 136 cm³/mol. The molecule has 37 heavy (non-hydrogen) atoms. The smallest absolute Gasteiger partial charge is 0.165 e. The number of nitrogen functional groups attached to an aromatic ring is 1. The maximum atomic E-state index is 14.0. The van der Waals surface area contributed by atoms with Crippen molar-refractivity contribution in [2.24, 2.45) is 5.73 Å². The normalized spacial score (nSPS) is 20.0. The lowest BCUT2D eigenvalue weighted by Crippen LogP contribution is -2.57. The van der Waals surface area contributed by atoms with Gasteiger partial charge in [-0.25, -0.2) is 23.7 Å². The Labute approximate surface area is 212 Å². The Morgan fingerprint density at radius 1 is 1.08 bits per heavy atom. The molecule has 192 valence electrons. The predicted octanol–water partition coefficient (Wildman–Crippen LogP) is 3.27. The third kappa shape index (κ3) is 4.84. The number of hydrogen-bond donors (Lipinski definition) is 2. The summed E-state index contributed by atoms with van der Waals surface area (Å²) < 4.78 is 35.4. The molecule has 11 heteroatoms. The molecule has 1 atom stereocenters. The number of anilines is 2. The average molecular weight is 507 g/mol. The topological polar surface area (TPSA) is 121 Å². The standard InChI is InChI=1S/C26H28F2N8O/c27-19-5-2-16(8-20(19)28)21-9-17(11-36-15-34-23-24(29)32-14-33-25(23)36)22(10-31-21)35-7-1-6-26(30,12-35)13-37-18-3-4-18/h2,5,8-10,14-15,18H,1,3-4,6-7,11-13,30H2,(H2,29,32,33). The molecule has 6 rings (SSSR count). The molecule has 3 aromatic heterocycles. The van der Waals surface area contributed by atoms with Gasteiger partial charge in [0.25, 0.3) is 0 Å². The minimum atomic E-state index is -0.919. The van der Waals surface area contributed by atoms with Crippen LogP contribution in [-0.2, 0) is 11.3 Å². The fraction of sp³-hybridized carbons (Fsp3) is 0.385. The quantitative estimate of drug-likeness (QED) is 0.392. The minimum absolute atomic E-state index is 0.306. The summed E-state index contributed by atoms with van der Waals surface area (Å²) in [5.41, 5.74) is 16.3. The summed E-state index contributed by atoms with van der Waals surface area (Å²) in [6, 6.07) is 5.68. The number of imidazole rings is 1. The number of pyridine rings is 1. The zero-order valence-corrected chi connectivity index (χ0v) is 20.3. The number of nitrogens with zero attached hydrogens (tertiary/aromatic N) is 6. The van der Waals surface area contributed by atoms with Crippen molar-refractivity contribution in [1.82, 2.24) is 24.5 Å². The van der Waals surface area contributed by atoms with E-state index in [1.54, 1.807) is 12.5 Å². The van der Waals surface area contributed by atoms with Gasteiger partial charge in [-0.1, -0.05) is 0 Å². The number of rotatable bonds is 7. The molecule has 0 spiro atoms. The van der Waals surface area contributed by atoms with Gasteiger partial charge in [0, 0.05) is 18.7 Å². The number of hydrogen-bond acceptors (Lipinski definition) is 8. The van der Waals surface area contributed by atoms with Crippen molar-refractivity contribution < 1.29 is 13.5 Å². The monoisotopic (exact) mass is 506 g/mol. The van der Waals surface area contributed by atoms with E-state index < -0.39 is 17.2 Å². The summed E-state index contributed by atoms with van der Waals surface area (Å²) in [6.45, 7) is 2.38. The Kier molecular flexibility index (Phi) is 5.96. The number of fused-ring (bicyclic) bond motifs is 1. The zero-order chi connectivity index (χ0) is 25.6. The molecule has 1 saturated heterocycles. The lowest BCUT2D eigenvalue weighted by Gasteiger charge is -2.41. The molecule has 2 aliphatic rings. The van der Waals surface area contributed by atoms with Gasteiger partial charge in [0.15, 0.2) is 23.1 Å². The Hall–Kier alpha value is -3.70. The van der Waals surface area contributed by atoms with Crippen molar-refractivity contribution in [2.75, 3.05) is 30.3 Å². The minimum Gasteiger partial charge on any atom is -0.382 e. The van der Waals surface area contributed by atoms with Gasteiger partial charge in [-0.2, -0.15) is 0 Å². The van der Waals surface area contributed by atoms with Crippen molar-refractivity contribution in [3.63, 3.8) is 0 Å². The summed E-state index contributed by atoms with van der Waals surface area (Å²) in [7, 11) is 0. The van der Waals surface area contributed by atoms with Crippen LogP contribution in [0.4, 0.5) is 20.3 Å². The summed E-state index contributed by atoms with van der Waals surface area (Å²) in [5, 5.41) is 0. The third-order valence-electron chi connectivity index (χ3n) is 7.03. The van der Waals surface area contributed by atoms with Gasteiger partial charge in [0.1, 0.15) is 11.8 Å². The van der Waals surface area contributed by atoms with Crippen LogP contribution in [0.2, 0.25) is 0 Å². The Bertz CT molecular complexity index is 1460. The fourth-order valence-corrected chi connectivity index (χ4v) is 4.91. The lowest BCUT2D eigenvalue weighted by atomic mass is 9.90. The van der Waals surface area contributed by atoms with E-state index in [2.05, 4.69) is 24.8 Å². The average Bonchev–Trinajstić information content (AvgIpc) is 3.64. The third-order valence-corrected chi connectivity index (χ3v) is 7.03. The van der Waals surface area contributed by atoms with Crippen LogP contribution in [0.15, 0.2) is 43.1 Å². The van der Waals surface area contributed by atoms with Crippen molar-refractivity contribution >= 4 is 22.7 Å². The molecule has 4 heterocycles. The summed E-state index contributed by atoms with van der Waals surface area (Å²) in [4.78, 5) is 19.6. The highest BCUT2D eigenvalue weighted by atomic mass is 19.2. The number of benzene rings is 1. The highest BCUT2D eigenvalue weighted by Crippen LogP contribution is 2.33. The molecular formula is C26H28F2N8O. The van der Waals surface area contributed by atoms with E-state index in [0.717, 1.165) is 55.6 Å². The van der Waals surface area contributed by atoms with E-state index in [-0.39, 0.29) is 0 Å². The van der Waals surface area contributed by atoms with Crippen LogP contribution < -0.4 is 16.4 Å². The molecule has 4 aromatic rings. The number of piperidine rings is 1. The molecule has 9 nitrogen and oxygen atoms in total. The molecule has 0 amide bonds. The van der Waals surface area contributed by atoms with Crippen molar-refractivity contribution in [2.45, 2.75) is 43.9 Å². The van der Waals surface area contributed by atoms with Crippen LogP contribution in [0, 0.1) is 11.6 Å². The highest BCUT2D eigenvalue weighted by molar-refractivity contribution is 5.81. The molecule has 1 saturated carbocycles. The molecule has 1 aliphatic carbocycles. The number of halogens is 2. The van der Waals surface area contributed by atoms with Crippen LogP contribution in [0.5, 0.6) is 0 Å². The second-order valence-electron chi connectivity index (χ2n) is 10.0. The van der Waals surface area contributed by atoms with Crippen molar-refractivity contribution in [1.29, 1.82) is 0 Å². The Morgan fingerprint density at radius 3 is 2.76 bits per heavy atom. The van der Waals surface area contributed by atoms with Crippen molar-refractivity contribution in [3.05, 3.63) is 60.3 Å². The maximum Gasteiger partial charge on any atom is 0.165 e. The Morgan fingerprint density at radius 2 is 1.95 bits per heavy atom. The van der Waals surface area contributed by atoms with Crippen LogP contribution in [0.3, 0.4) is 0 Å². The molecular weight excluding hydrogens is 478 g/mol. The first-order valence-corrected chi connectivity index (χ1v) is 12.4. The summed E-state index contributed by atoms with van der Waals surface area (Å²) in [5.74, 6) is -1.51. The maximum absolute atomic E-state index is 14.0. The number of nitrogens with two attached hydrogens (primary N) is 2. The molecule has 1 aromatic carbocycles. The largest absolute Gasteiger partial charge is 0.382 e. The zero-order valence-electron chi connectivity index (χ0n) is 20.3. The molecule has 0 radical (unpaired) electrons. The van der Waals surface area contributed by atoms with Gasteiger partial charge in [-0.05, 0) is 55.5 Å². The van der Waals surface area contributed by atoms with Gasteiger partial charge in [-0.3, -0.25) is 4.98 Å². The van der Waals surface area contributed by atoms with Crippen LogP contribution in [0.1, 0.15) is 31.2 Å². The lowest BCUT2D eigenvalue weighted by molar-refractivity contribution is 0.0659. The van der Waals surface area contributed by atoms with Crippen LogP contribution >= 0.6 is 0 Å². The molecule has 1 unspecified atom stereocenters. The van der Waals surface area contributed by atoms with Gasteiger partial charge in [0.2, 0.25) is 0 Å². The SMILES string of the molecule is Nc1ncnc2c1ncn2Cc1cc(-c2ccc(F)c(F)c2)ncc1N1CCCC(N)(COC2CC2)C1. The van der Waals surface area contributed by atoms with Crippen molar-refractivity contribution in [3.8, 4) is 11.3 Å². The first kappa shape index (κ1) is 23.7. The molecule has 4 N–H and O–H groups in total. The van der Waals surface area contributed by atoms with E-state index in [4.69, 9.17) is 16.2 Å². The Balaban J connectivity index is 1.37. The van der Waals surface area contributed by atoms with E-state index in [9.17, 15) is 8.78 Å². The molecule has 1 aliphatic heterocycles. The number of ether oxygens (including phenoxy) is 1. The van der Waals surface area contributed by atoms with Gasteiger partial charge in [-0.15, -0.1) is 0 Å². The van der Waals surface area contributed by atoms with Gasteiger partial charge < -0.3 is 25.7 Å². The van der Waals surface area contributed by atoms with E-state index >= 15 is 0 Å². The van der Waals surface area contributed by atoms with E-state index in [1.165, 1.54) is 12.4 Å². The van der Waals surface area contributed by atoms with Crippen LogP contribution in [0.25, 0.3) is 22.4 Å². The summed E-state index contributed by atoms with van der Waals surface area (Å²) >= 11 is 0. The van der Waals surface area contributed by atoms with E-state index in [0.29, 0.717) is 54.0 Å². The first-order chi connectivity index (χ1) is 17.9. The molecule has 2 fully saturated rings. The van der Waals surface area contributed by atoms with Gasteiger partial charge >= 0.3 is 0 Å². The summed E-state index contributed by atoms with van der Waals surface area (Å²) in [6.07, 6.45) is 9.21. The number of aromatic nitrogens is 5.